The molecule has 2 aromatic heterocycles. The third-order valence-electron chi connectivity index (χ3n) is 5.83. The van der Waals surface area contributed by atoms with Crippen LogP contribution in [0.1, 0.15) is 22.3 Å². The number of nitrogens with one attached hydrogen (secondary N) is 1. The van der Waals surface area contributed by atoms with Crippen molar-refractivity contribution in [3.8, 4) is 6.07 Å². The molecule has 1 N–H and O–H groups in total. The fourth-order valence-electron chi connectivity index (χ4n) is 4.06. The third kappa shape index (κ3) is 4.13. The summed E-state index contributed by atoms with van der Waals surface area (Å²) in [6, 6.07) is 26.1. The molecule has 0 atom stereocenters. The Kier molecular flexibility index (Phi) is 5.78. The summed E-state index contributed by atoms with van der Waals surface area (Å²) in [5, 5.41) is 9.09. The average molecular weight is 461 g/mol. The van der Waals surface area contributed by atoms with E-state index in [4.69, 9.17) is 15.2 Å². The SMILES string of the molecule is Cc1c(N(C)c2ccc(C#N)cc2F)nc(N=C(c2ccccc2)c2ccccc2)c2[nH]cnc12. The van der Waals surface area contributed by atoms with Gasteiger partial charge in [-0.05, 0) is 25.1 Å². The Balaban J connectivity index is 1.71. The van der Waals surface area contributed by atoms with Gasteiger partial charge in [-0.1, -0.05) is 60.7 Å². The van der Waals surface area contributed by atoms with E-state index in [1.54, 1.807) is 30.4 Å². The molecule has 2 heterocycles. The fourth-order valence-corrected chi connectivity index (χ4v) is 4.06. The molecule has 5 aromatic rings. The van der Waals surface area contributed by atoms with Crippen LogP contribution in [0.15, 0.2) is 90.2 Å². The van der Waals surface area contributed by atoms with Crippen molar-refractivity contribution in [2.45, 2.75) is 6.92 Å². The largest absolute Gasteiger partial charge is 0.341 e. The van der Waals surface area contributed by atoms with Gasteiger partial charge in [-0.3, -0.25) is 0 Å². The Labute approximate surface area is 202 Å². The molecule has 0 radical (unpaired) electrons. The summed E-state index contributed by atoms with van der Waals surface area (Å²) in [6.07, 6.45) is 1.61. The number of hydrogen-bond acceptors (Lipinski definition) is 5. The number of nitrogens with zero attached hydrogens (tertiary/aromatic N) is 5. The zero-order chi connectivity index (χ0) is 24.4. The number of benzene rings is 3. The topological polar surface area (TPSA) is 81.0 Å². The first-order chi connectivity index (χ1) is 17.1. The average Bonchev–Trinajstić information content (AvgIpc) is 3.40. The standard InChI is InChI=1S/C28H21FN6/c1-18-24-26(32-17-31-24)27(34-28(18)35(2)23-14-13-19(16-30)15-22(23)29)33-25(20-9-5-3-6-10-20)21-11-7-4-8-12-21/h3-15,17H,1-2H3,(H,31,32). The van der Waals surface area contributed by atoms with E-state index in [1.807, 2.05) is 73.7 Å². The normalized spacial score (nSPS) is 10.7. The molecule has 0 unspecified atom stereocenters. The number of halogens is 1. The van der Waals surface area contributed by atoms with Crippen LogP contribution in [0.3, 0.4) is 0 Å². The van der Waals surface area contributed by atoms with E-state index in [-0.39, 0.29) is 5.56 Å². The molecule has 0 aliphatic heterocycles. The van der Waals surface area contributed by atoms with Gasteiger partial charge < -0.3 is 9.88 Å². The maximum absolute atomic E-state index is 14.8. The number of rotatable bonds is 5. The minimum absolute atomic E-state index is 0.257. The van der Waals surface area contributed by atoms with Gasteiger partial charge in [-0.2, -0.15) is 5.26 Å². The number of aromatic amines is 1. The van der Waals surface area contributed by atoms with Gasteiger partial charge in [-0.25, -0.2) is 19.4 Å². The number of fused-ring (bicyclic) bond motifs is 1. The van der Waals surface area contributed by atoms with Crippen molar-refractivity contribution >= 4 is 34.1 Å². The summed E-state index contributed by atoms with van der Waals surface area (Å²) in [5.41, 5.74) is 5.40. The summed E-state index contributed by atoms with van der Waals surface area (Å²) in [4.78, 5) is 19.2. The van der Waals surface area contributed by atoms with Crippen LogP contribution in [0.2, 0.25) is 0 Å². The molecule has 35 heavy (non-hydrogen) atoms. The number of pyridine rings is 1. The van der Waals surface area contributed by atoms with Gasteiger partial charge in [0.2, 0.25) is 0 Å². The van der Waals surface area contributed by atoms with E-state index < -0.39 is 5.82 Å². The van der Waals surface area contributed by atoms with Gasteiger partial charge in [0, 0.05) is 23.7 Å². The van der Waals surface area contributed by atoms with Crippen LogP contribution in [0.5, 0.6) is 0 Å². The van der Waals surface area contributed by atoms with Crippen molar-refractivity contribution in [3.63, 3.8) is 0 Å². The maximum atomic E-state index is 14.8. The molecule has 7 heteroatoms. The zero-order valence-electron chi connectivity index (χ0n) is 19.2. The maximum Gasteiger partial charge on any atom is 0.180 e. The van der Waals surface area contributed by atoms with Crippen LogP contribution >= 0.6 is 0 Å². The fraction of sp³-hybridized carbons (Fsp3) is 0.0714. The first kappa shape index (κ1) is 22.0. The van der Waals surface area contributed by atoms with Crippen LogP contribution in [-0.4, -0.2) is 27.7 Å². The van der Waals surface area contributed by atoms with Gasteiger partial charge in [0.25, 0.3) is 0 Å². The Morgan fingerprint density at radius 3 is 2.26 bits per heavy atom. The van der Waals surface area contributed by atoms with Gasteiger partial charge in [-0.15, -0.1) is 0 Å². The Hall–Kier alpha value is -4.83. The third-order valence-corrected chi connectivity index (χ3v) is 5.83. The van der Waals surface area contributed by atoms with Crippen molar-refractivity contribution in [1.82, 2.24) is 15.0 Å². The van der Waals surface area contributed by atoms with Crippen LogP contribution in [0.4, 0.5) is 21.7 Å². The molecule has 170 valence electrons. The van der Waals surface area contributed by atoms with E-state index in [0.29, 0.717) is 28.4 Å². The first-order valence-electron chi connectivity index (χ1n) is 11.0. The number of H-pyrrole nitrogens is 1. The Morgan fingerprint density at radius 1 is 1.00 bits per heavy atom. The molecule has 3 aromatic carbocycles. The molecule has 0 aliphatic rings. The van der Waals surface area contributed by atoms with E-state index in [1.165, 1.54) is 6.07 Å². The van der Waals surface area contributed by atoms with Crippen LogP contribution in [0, 0.1) is 24.1 Å². The molecule has 0 amide bonds. The van der Waals surface area contributed by atoms with Crippen molar-refractivity contribution in [2.75, 3.05) is 11.9 Å². The lowest BCUT2D eigenvalue weighted by molar-refractivity contribution is 0.627. The Bertz CT molecular complexity index is 1540. The number of aliphatic imine (C=N–C) groups is 1. The van der Waals surface area contributed by atoms with E-state index in [0.717, 1.165) is 22.4 Å². The predicted octanol–water partition coefficient (Wildman–Crippen LogP) is 6.21. The van der Waals surface area contributed by atoms with Crippen molar-refractivity contribution < 1.29 is 4.39 Å². The Morgan fingerprint density at radius 2 is 1.66 bits per heavy atom. The van der Waals surface area contributed by atoms with Crippen LogP contribution in [-0.2, 0) is 0 Å². The van der Waals surface area contributed by atoms with Gasteiger partial charge >= 0.3 is 0 Å². The number of imidazole rings is 1. The number of hydrogen-bond donors (Lipinski definition) is 1. The van der Waals surface area contributed by atoms with Gasteiger partial charge in [0.1, 0.15) is 17.2 Å². The molecule has 5 rings (SSSR count). The van der Waals surface area contributed by atoms with Crippen molar-refractivity contribution in [1.29, 1.82) is 5.26 Å². The molecular formula is C28H21FN6. The van der Waals surface area contributed by atoms with E-state index in [2.05, 4.69) is 9.97 Å². The smallest absolute Gasteiger partial charge is 0.180 e. The number of nitriles is 1. The summed E-state index contributed by atoms with van der Waals surface area (Å²) < 4.78 is 14.8. The van der Waals surface area contributed by atoms with Crippen molar-refractivity contribution in [3.05, 3.63) is 113 Å². The minimum Gasteiger partial charge on any atom is -0.341 e. The number of anilines is 2. The lowest BCUT2D eigenvalue weighted by Crippen LogP contribution is -2.15. The number of aromatic nitrogens is 3. The minimum atomic E-state index is -0.505. The van der Waals surface area contributed by atoms with Crippen LogP contribution in [0.25, 0.3) is 11.0 Å². The predicted molar refractivity (Wildman–Crippen MR) is 136 cm³/mol. The lowest BCUT2D eigenvalue weighted by Gasteiger charge is -2.22. The zero-order valence-corrected chi connectivity index (χ0v) is 19.2. The highest BCUT2D eigenvalue weighted by molar-refractivity contribution is 6.14. The summed E-state index contributed by atoms with van der Waals surface area (Å²) in [7, 11) is 1.74. The highest BCUT2D eigenvalue weighted by atomic mass is 19.1. The molecular weight excluding hydrogens is 439 g/mol. The van der Waals surface area contributed by atoms with E-state index in [9.17, 15) is 4.39 Å². The van der Waals surface area contributed by atoms with Gasteiger partial charge in [0.15, 0.2) is 5.82 Å². The summed E-state index contributed by atoms with van der Waals surface area (Å²) >= 11 is 0. The summed E-state index contributed by atoms with van der Waals surface area (Å²) in [6.45, 7) is 1.90. The second kappa shape index (κ2) is 9.20. The second-order valence-electron chi connectivity index (χ2n) is 8.04. The quantitative estimate of drug-likeness (QED) is 0.316. The molecule has 0 spiro atoms. The molecule has 0 aliphatic carbocycles. The van der Waals surface area contributed by atoms with E-state index >= 15 is 0 Å². The molecule has 0 fully saturated rings. The second-order valence-corrected chi connectivity index (χ2v) is 8.04. The first-order valence-corrected chi connectivity index (χ1v) is 11.0. The lowest BCUT2D eigenvalue weighted by atomic mass is 10.0. The molecule has 6 nitrogen and oxygen atoms in total. The van der Waals surface area contributed by atoms with Crippen LogP contribution < -0.4 is 4.90 Å². The highest BCUT2D eigenvalue weighted by Gasteiger charge is 2.20. The molecule has 0 saturated carbocycles. The molecule has 0 bridgehead atoms. The summed E-state index contributed by atoms with van der Waals surface area (Å²) in [5.74, 6) is 0.461. The number of aryl methyl sites for hydroxylation is 1. The monoisotopic (exact) mass is 460 g/mol. The van der Waals surface area contributed by atoms with Gasteiger partial charge in [0.05, 0.1) is 34.9 Å². The molecule has 0 saturated heterocycles. The van der Waals surface area contributed by atoms with Crippen molar-refractivity contribution in [2.24, 2.45) is 4.99 Å². The highest BCUT2D eigenvalue weighted by Crippen LogP contribution is 2.35.